The summed E-state index contributed by atoms with van der Waals surface area (Å²) in [5, 5.41) is 44.5. The summed E-state index contributed by atoms with van der Waals surface area (Å²) < 4.78 is 22.5. The number of nitrogens with one attached hydrogen (secondary N) is 3. The van der Waals surface area contributed by atoms with E-state index >= 15 is 0 Å². The lowest BCUT2D eigenvalue weighted by atomic mass is 9.97. The van der Waals surface area contributed by atoms with Gasteiger partial charge < -0.3 is 50.0 Å². The molecule has 9 atom stereocenters. The lowest BCUT2D eigenvalue weighted by Crippen LogP contribution is -2.64. The maximum absolute atomic E-state index is 12.2. The molecule has 2 heterocycles. The van der Waals surface area contributed by atoms with Gasteiger partial charge in [-0.2, -0.15) is 0 Å². The van der Waals surface area contributed by atoms with Crippen molar-refractivity contribution < 1.29 is 53.8 Å². The van der Waals surface area contributed by atoms with E-state index in [1.807, 2.05) is 0 Å². The molecule has 0 radical (unpaired) electrons. The van der Waals surface area contributed by atoms with Crippen LogP contribution in [0.2, 0.25) is 0 Å². The third-order valence-electron chi connectivity index (χ3n) is 6.43. The molecule has 5 unspecified atom stereocenters. The van der Waals surface area contributed by atoms with Crippen LogP contribution in [0.15, 0.2) is 0 Å². The molecule has 0 aromatic carbocycles. The molecule has 2 aliphatic heterocycles. The monoisotopic (exact) mass is 537 g/mol. The average molecular weight is 538 g/mol. The largest absolute Gasteiger partial charge is 0.394 e. The maximum atomic E-state index is 12.2. The lowest BCUT2D eigenvalue weighted by molar-refractivity contribution is -0.270. The number of carbonyl (C=O) groups excluding carboxylic acids is 2. The van der Waals surface area contributed by atoms with Crippen LogP contribution in [0.3, 0.4) is 0 Å². The Kier molecular flexibility index (Phi) is 14.2. The minimum atomic E-state index is -1.37. The molecule has 7 N–H and O–H groups in total. The van der Waals surface area contributed by atoms with Crippen LogP contribution in [0.25, 0.3) is 0 Å². The van der Waals surface area contributed by atoms with Gasteiger partial charge in [-0.15, -0.1) is 0 Å². The van der Waals surface area contributed by atoms with Crippen molar-refractivity contribution in [3.05, 3.63) is 0 Å². The predicted octanol–water partition coefficient (Wildman–Crippen LogP) is -2.69. The van der Waals surface area contributed by atoms with Gasteiger partial charge in [0.15, 0.2) is 6.29 Å². The second-order valence-electron chi connectivity index (χ2n) is 9.14. The molecule has 0 aromatic rings. The van der Waals surface area contributed by atoms with Crippen LogP contribution < -0.4 is 16.1 Å². The molecule has 2 rings (SSSR count). The summed E-state index contributed by atoms with van der Waals surface area (Å²) in [4.78, 5) is 29.0. The van der Waals surface area contributed by atoms with Crippen LogP contribution in [0.4, 0.5) is 0 Å². The number of unbranched alkanes of at least 4 members (excludes halogenated alkanes) is 1. The summed E-state index contributed by atoms with van der Waals surface area (Å²) in [5.74, 6) is -0.534. The normalized spacial score (nSPS) is 33.9. The quantitative estimate of drug-likeness (QED) is 0.0796. The Hall–Kier alpha value is -1.46. The molecule has 216 valence electrons. The molecule has 0 spiro atoms. The number of aliphatic hydroxyl groups is 4. The number of aliphatic hydroxyl groups excluding tert-OH is 4. The van der Waals surface area contributed by atoms with E-state index in [1.165, 1.54) is 6.92 Å². The first-order valence-electron chi connectivity index (χ1n) is 12.7. The molecular formula is C23H43N3O11. The standard InChI is InChI=1S/C23H43N3O11/c1-13(29)26-18-20(32)19(31)15(11-27)36-23(18)34-10-5-4-8-17(30)25-9-6-7-14-21(33-3)22(37-24-2)16(12-28)35-14/h14-16,18-24,27-28,31-32H,4-12H2,1-3H3,(H,25,30)(H,26,29)/t14-,15?,16+,18?,19?,20?,21-,22+,23?/m0/s1. The fraction of sp³-hybridized carbons (Fsp3) is 0.913. The Morgan fingerprint density at radius 3 is 2.30 bits per heavy atom. The fourth-order valence-electron chi connectivity index (χ4n) is 4.57. The van der Waals surface area contributed by atoms with Gasteiger partial charge in [0.05, 0.1) is 19.3 Å². The SMILES string of the molecule is CNO[C@H]1[C@@H](OC)[C@H](CCCNC(=O)CCCCOC2OC(CO)C(O)C(O)C2NC(C)=O)O[C@@H]1CO. The molecule has 0 saturated carbocycles. The highest BCUT2D eigenvalue weighted by Crippen LogP contribution is 2.28. The zero-order valence-corrected chi connectivity index (χ0v) is 21.7. The van der Waals surface area contributed by atoms with Gasteiger partial charge in [0, 0.05) is 40.7 Å². The van der Waals surface area contributed by atoms with E-state index in [-0.39, 0.29) is 37.7 Å². The number of ether oxygens (including phenoxy) is 4. The van der Waals surface area contributed by atoms with E-state index in [1.54, 1.807) is 14.2 Å². The van der Waals surface area contributed by atoms with Gasteiger partial charge in [0.25, 0.3) is 0 Å². The average Bonchev–Trinajstić information content (AvgIpc) is 3.21. The summed E-state index contributed by atoms with van der Waals surface area (Å²) in [7, 11) is 3.19. The van der Waals surface area contributed by atoms with E-state index in [0.29, 0.717) is 32.2 Å². The van der Waals surface area contributed by atoms with Crippen LogP contribution in [-0.4, -0.2) is 128 Å². The Morgan fingerprint density at radius 2 is 1.68 bits per heavy atom. The van der Waals surface area contributed by atoms with Gasteiger partial charge in [-0.3, -0.25) is 14.4 Å². The second-order valence-corrected chi connectivity index (χ2v) is 9.14. The van der Waals surface area contributed by atoms with Gasteiger partial charge in [-0.25, -0.2) is 5.48 Å². The number of hydrogen-bond acceptors (Lipinski definition) is 12. The predicted molar refractivity (Wildman–Crippen MR) is 128 cm³/mol. The molecule has 14 heteroatoms. The van der Waals surface area contributed by atoms with Gasteiger partial charge in [-0.1, -0.05) is 0 Å². The van der Waals surface area contributed by atoms with E-state index in [2.05, 4.69) is 16.1 Å². The van der Waals surface area contributed by atoms with Crippen molar-refractivity contribution in [2.24, 2.45) is 0 Å². The highest BCUT2D eigenvalue weighted by molar-refractivity contribution is 5.75. The van der Waals surface area contributed by atoms with Crippen LogP contribution >= 0.6 is 0 Å². The van der Waals surface area contributed by atoms with Crippen LogP contribution in [0.5, 0.6) is 0 Å². The van der Waals surface area contributed by atoms with Crippen molar-refractivity contribution >= 4 is 11.8 Å². The van der Waals surface area contributed by atoms with E-state index in [4.69, 9.17) is 23.8 Å². The van der Waals surface area contributed by atoms with Crippen molar-refractivity contribution in [1.29, 1.82) is 0 Å². The third-order valence-corrected chi connectivity index (χ3v) is 6.43. The van der Waals surface area contributed by atoms with Crippen LogP contribution in [-0.2, 0) is 33.4 Å². The summed E-state index contributed by atoms with van der Waals surface area (Å²) in [5.41, 5.74) is 2.61. The summed E-state index contributed by atoms with van der Waals surface area (Å²) in [6.07, 6.45) is -3.72. The van der Waals surface area contributed by atoms with Gasteiger partial charge in [0.2, 0.25) is 11.8 Å². The van der Waals surface area contributed by atoms with E-state index in [9.17, 15) is 30.0 Å². The van der Waals surface area contributed by atoms with Crippen molar-refractivity contribution in [3.8, 4) is 0 Å². The maximum Gasteiger partial charge on any atom is 0.219 e. The zero-order valence-electron chi connectivity index (χ0n) is 21.7. The third kappa shape index (κ3) is 9.35. The highest BCUT2D eigenvalue weighted by Gasteiger charge is 2.46. The summed E-state index contributed by atoms with van der Waals surface area (Å²) in [6, 6.07) is -0.993. The summed E-state index contributed by atoms with van der Waals surface area (Å²) in [6.45, 7) is 1.22. The topological polar surface area (TPSA) is 197 Å². The van der Waals surface area contributed by atoms with Crippen molar-refractivity contribution in [1.82, 2.24) is 16.1 Å². The minimum Gasteiger partial charge on any atom is -0.394 e. The van der Waals surface area contributed by atoms with Crippen molar-refractivity contribution in [2.75, 3.05) is 40.5 Å². The number of hydroxylamine groups is 1. The number of methoxy groups -OCH3 is 1. The van der Waals surface area contributed by atoms with Gasteiger partial charge >= 0.3 is 0 Å². The molecule has 14 nitrogen and oxygen atoms in total. The Balaban J connectivity index is 1.64. The molecule has 2 saturated heterocycles. The fourth-order valence-corrected chi connectivity index (χ4v) is 4.57. The van der Waals surface area contributed by atoms with Crippen molar-refractivity contribution in [2.45, 2.75) is 94.1 Å². The van der Waals surface area contributed by atoms with E-state index < -0.39 is 55.4 Å². The Labute approximate surface area is 216 Å². The second kappa shape index (κ2) is 16.5. The smallest absolute Gasteiger partial charge is 0.219 e. The first kappa shape index (κ1) is 31.8. The summed E-state index contributed by atoms with van der Waals surface area (Å²) >= 11 is 0. The van der Waals surface area contributed by atoms with Gasteiger partial charge in [0.1, 0.15) is 42.7 Å². The first-order chi connectivity index (χ1) is 17.8. The Morgan fingerprint density at radius 1 is 0.946 bits per heavy atom. The van der Waals surface area contributed by atoms with Crippen LogP contribution in [0, 0.1) is 0 Å². The number of hydrogen-bond donors (Lipinski definition) is 7. The highest BCUT2D eigenvalue weighted by atomic mass is 16.7. The molecule has 2 aliphatic rings. The number of carbonyl (C=O) groups is 2. The van der Waals surface area contributed by atoms with Crippen LogP contribution in [0.1, 0.15) is 39.0 Å². The molecular weight excluding hydrogens is 494 g/mol. The molecule has 0 aliphatic carbocycles. The number of rotatable bonds is 16. The van der Waals surface area contributed by atoms with Gasteiger partial charge in [-0.05, 0) is 25.7 Å². The lowest BCUT2D eigenvalue weighted by Gasteiger charge is -2.42. The first-order valence-corrected chi connectivity index (χ1v) is 12.7. The molecule has 2 fully saturated rings. The molecule has 0 aromatic heterocycles. The van der Waals surface area contributed by atoms with E-state index in [0.717, 1.165) is 0 Å². The zero-order chi connectivity index (χ0) is 27.4. The molecule has 37 heavy (non-hydrogen) atoms. The Bertz CT molecular complexity index is 688. The number of amides is 2. The van der Waals surface area contributed by atoms with Crippen molar-refractivity contribution in [3.63, 3.8) is 0 Å². The molecule has 0 bridgehead atoms. The molecule has 2 amide bonds. The minimum absolute atomic E-state index is 0.107.